The van der Waals surface area contributed by atoms with Crippen LogP contribution in [0.25, 0.3) is 0 Å². The largest absolute Gasteiger partial charge is 0.493 e. The van der Waals surface area contributed by atoms with Gasteiger partial charge in [0.1, 0.15) is 5.75 Å². The summed E-state index contributed by atoms with van der Waals surface area (Å²) in [5, 5.41) is 0.595. The van der Waals surface area contributed by atoms with Crippen LogP contribution in [0.2, 0.25) is 5.02 Å². The maximum atomic E-state index is 12.3. The van der Waals surface area contributed by atoms with Crippen molar-refractivity contribution in [3.05, 3.63) is 29.3 Å². The van der Waals surface area contributed by atoms with Crippen molar-refractivity contribution in [3.8, 4) is 5.75 Å². The molecule has 1 saturated heterocycles. The van der Waals surface area contributed by atoms with E-state index in [0.29, 0.717) is 17.3 Å². The van der Waals surface area contributed by atoms with Gasteiger partial charge in [0.25, 0.3) is 0 Å². The monoisotopic (exact) mass is 324 g/mol. The van der Waals surface area contributed by atoms with E-state index in [9.17, 15) is 9.59 Å². The van der Waals surface area contributed by atoms with Crippen LogP contribution in [0.4, 0.5) is 0 Å². The van der Waals surface area contributed by atoms with Gasteiger partial charge < -0.3 is 15.4 Å². The van der Waals surface area contributed by atoms with E-state index in [0.717, 1.165) is 12.8 Å². The SMILES string of the molecule is C[C@@H]1CC[C@H](C(N)=O)CN1C(=O)CCOc1cccc(Cl)c1. The van der Waals surface area contributed by atoms with Crippen LogP contribution < -0.4 is 10.5 Å². The molecule has 0 bridgehead atoms. The summed E-state index contributed by atoms with van der Waals surface area (Å²) < 4.78 is 5.53. The molecule has 22 heavy (non-hydrogen) atoms. The number of rotatable bonds is 5. The topological polar surface area (TPSA) is 72.6 Å². The van der Waals surface area contributed by atoms with Crippen LogP contribution in [-0.2, 0) is 9.59 Å². The highest BCUT2D eigenvalue weighted by Crippen LogP contribution is 2.22. The standard InChI is InChI=1S/C16H21ClN2O3/c1-11-5-6-12(16(18)21)10-19(11)15(20)7-8-22-14-4-2-3-13(17)9-14/h2-4,9,11-12H,5-8,10H2,1H3,(H2,18,21)/t11-,12+/m1/s1. The summed E-state index contributed by atoms with van der Waals surface area (Å²) in [6.45, 7) is 2.68. The molecule has 2 atom stereocenters. The molecular formula is C16H21ClN2O3. The number of amides is 2. The molecule has 1 heterocycles. The Morgan fingerprint density at radius 2 is 2.18 bits per heavy atom. The highest BCUT2D eigenvalue weighted by Gasteiger charge is 2.31. The summed E-state index contributed by atoms with van der Waals surface area (Å²) in [7, 11) is 0. The zero-order chi connectivity index (χ0) is 16.1. The molecule has 2 N–H and O–H groups in total. The number of halogens is 1. The molecule has 2 rings (SSSR count). The lowest BCUT2D eigenvalue weighted by Gasteiger charge is -2.37. The summed E-state index contributed by atoms with van der Waals surface area (Å²) in [5.74, 6) is 0.0522. The number of hydrogen-bond acceptors (Lipinski definition) is 3. The maximum Gasteiger partial charge on any atom is 0.226 e. The highest BCUT2D eigenvalue weighted by atomic mass is 35.5. The molecule has 1 aromatic rings. The zero-order valence-corrected chi connectivity index (χ0v) is 13.4. The first-order valence-electron chi connectivity index (χ1n) is 7.44. The van der Waals surface area contributed by atoms with E-state index >= 15 is 0 Å². The highest BCUT2D eigenvalue weighted by molar-refractivity contribution is 6.30. The summed E-state index contributed by atoms with van der Waals surface area (Å²) in [4.78, 5) is 25.3. The third-order valence-electron chi connectivity index (χ3n) is 3.99. The quantitative estimate of drug-likeness (QED) is 0.902. The Kier molecular flexibility index (Phi) is 5.66. The average Bonchev–Trinajstić information content (AvgIpc) is 2.47. The number of nitrogens with two attached hydrogens (primary N) is 1. The number of hydrogen-bond donors (Lipinski definition) is 1. The van der Waals surface area contributed by atoms with Crippen molar-refractivity contribution in [1.29, 1.82) is 0 Å². The van der Waals surface area contributed by atoms with Crippen LogP contribution in [0.3, 0.4) is 0 Å². The van der Waals surface area contributed by atoms with Crippen molar-refractivity contribution < 1.29 is 14.3 Å². The van der Waals surface area contributed by atoms with Crippen LogP contribution in [0.1, 0.15) is 26.2 Å². The molecule has 0 radical (unpaired) electrons. The lowest BCUT2D eigenvalue weighted by Crippen LogP contribution is -2.48. The van der Waals surface area contributed by atoms with Gasteiger partial charge in [-0.05, 0) is 38.0 Å². The van der Waals surface area contributed by atoms with Crippen molar-refractivity contribution in [2.24, 2.45) is 11.7 Å². The van der Waals surface area contributed by atoms with E-state index < -0.39 is 0 Å². The van der Waals surface area contributed by atoms with Crippen molar-refractivity contribution in [1.82, 2.24) is 4.90 Å². The molecule has 5 nitrogen and oxygen atoms in total. The number of carbonyl (C=O) groups is 2. The van der Waals surface area contributed by atoms with Gasteiger partial charge in [-0.3, -0.25) is 9.59 Å². The second-order valence-corrected chi connectivity index (χ2v) is 6.06. The number of primary amides is 1. The normalized spacial score (nSPS) is 21.5. The second kappa shape index (κ2) is 7.49. The van der Waals surface area contributed by atoms with Gasteiger partial charge in [0.15, 0.2) is 0 Å². The predicted octanol–water partition coefficient (Wildman–Crippen LogP) is 2.22. The fourth-order valence-electron chi connectivity index (χ4n) is 2.64. The van der Waals surface area contributed by atoms with Gasteiger partial charge >= 0.3 is 0 Å². The third-order valence-corrected chi connectivity index (χ3v) is 4.22. The minimum absolute atomic E-state index is 0.0134. The van der Waals surface area contributed by atoms with Crippen molar-refractivity contribution >= 4 is 23.4 Å². The summed E-state index contributed by atoms with van der Waals surface area (Å²) >= 11 is 5.87. The molecule has 120 valence electrons. The molecule has 0 saturated carbocycles. The average molecular weight is 325 g/mol. The molecule has 0 spiro atoms. The van der Waals surface area contributed by atoms with Crippen molar-refractivity contribution in [2.75, 3.05) is 13.2 Å². The molecule has 2 amide bonds. The smallest absolute Gasteiger partial charge is 0.226 e. The molecular weight excluding hydrogens is 304 g/mol. The first kappa shape index (κ1) is 16.6. The van der Waals surface area contributed by atoms with Gasteiger partial charge in [-0.15, -0.1) is 0 Å². The Labute approximate surface area is 135 Å². The van der Waals surface area contributed by atoms with Crippen LogP contribution >= 0.6 is 11.6 Å². The number of nitrogens with zero attached hydrogens (tertiary/aromatic N) is 1. The van der Waals surface area contributed by atoms with E-state index in [4.69, 9.17) is 22.1 Å². The van der Waals surface area contributed by atoms with E-state index in [-0.39, 0.29) is 36.8 Å². The number of likely N-dealkylation sites (tertiary alicyclic amines) is 1. The molecule has 1 fully saturated rings. The zero-order valence-electron chi connectivity index (χ0n) is 12.6. The van der Waals surface area contributed by atoms with Gasteiger partial charge in [-0.2, -0.15) is 0 Å². The maximum absolute atomic E-state index is 12.3. The Balaban J connectivity index is 1.84. The lowest BCUT2D eigenvalue weighted by atomic mass is 9.92. The fourth-order valence-corrected chi connectivity index (χ4v) is 2.82. The van der Waals surface area contributed by atoms with Crippen LogP contribution in [0, 0.1) is 5.92 Å². The molecule has 1 aromatic carbocycles. The van der Waals surface area contributed by atoms with Gasteiger partial charge in [0, 0.05) is 17.6 Å². The molecule has 0 aliphatic carbocycles. The number of carbonyl (C=O) groups excluding carboxylic acids is 2. The Morgan fingerprint density at radius 3 is 2.86 bits per heavy atom. The van der Waals surface area contributed by atoms with E-state index in [1.54, 1.807) is 29.2 Å². The Hall–Kier alpha value is -1.75. The summed E-state index contributed by atoms with van der Waals surface area (Å²) in [6.07, 6.45) is 1.82. The second-order valence-electron chi connectivity index (χ2n) is 5.63. The Morgan fingerprint density at radius 1 is 1.41 bits per heavy atom. The van der Waals surface area contributed by atoms with Crippen molar-refractivity contribution in [2.45, 2.75) is 32.2 Å². The van der Waals surface area contributed by atoms with E-state index in [1.165, 1.54) is 0 Å². The lowest BCUT2D eigenvalue weighted by molar-refractivity contribution is -0.138. The molecule has 0 unspecified atom stereocenters. The van der Waals surface area contributed by atoms with Crippen molar-refractivity contribution in [3.63, 3.8) is 0 Å². The molecule has 1 aliphatic rings. The molecule has 1 aliphatic heterocycles. The predicted molar refractivity (Wildman–Crippen MR) is 84.7 cm³/mol. The summed E-state index contributed by atoms with van der Waals surface area (Å²) in [5.41, 5.74) is 5.35. The van der Waals surface area contributed by atoms with Gasteiger partial charge in [0.05, 0.1) is 18.9 Å². The van der Waals surface area contributed by atoms with Gasteiger partial charge in [0.2, 0.25) is 11.8 Å². The van der Waals surface area contributed by atoms with Crippen LogP contribution in [-0.4, -0.2) is 35.9 Å². The molecule has 0 aromatic heterocycles. The van der Waals surface area contributed by atoms with E-state index in [1.807, 2.05) is 6.92 Å². The first-order chi connectivity index (χ1) is 10.5. The fraction of sp³-hybridized carbons (Fsp3) is 0.500. The van der Waals surface area contributed by atoms with Gasteiger partial charge in [-0.25, -0.2) is 0 Å². The van der Waals surface area contributed by atoms with Crippen LogP contribution in [0.5, 0.6) is 5.75 Å². The van der Waals surface area contributed by atoms with Crippen LogP contribution in [0.15, 0.2) is 24.3 Å². The number of benzene rings is 1. The van der Waals surface area contributed by atoms with Gasteiger partial charge in [-0.1, -0.05) is 17.7 Å². The molecule has 6 heteroatoms. The Bertz CT molecular complexity index is 550. The van der Waals surface area contributed by atoms with E-state index in [2.05, 4.69) is 0 Å². The number of piperidine rings is 1. The minimum atomic E-state index is -0.333. The number of ether oxygens (including phenoxy) is 1. The minimum Gasteiger partial charge on any atom is -0.493 e. The summed E-state index contributed by atoms with van der Waals surface area (Å²) in [6, 6.07) is 7.19. The third kappa shape index (κ3) is 4.37. The first-order valence-corrected chi connectivity index (χ1v) is 7.82.